The summed E-state index contributed by atoms with van der Waals surface area (Å²) in [5, 5.41) is 6.92. The predicted molar refractivity (Wildman–Crippen MR) is 86.7 cm³/mol. The van der Waals surface area contributed by atoms with E-state index in [9.17, 15) is 9.18 Å². The molecule has 3 aromatic heterocycles. The van der Waals surface area contributed by atoms with Crippen LogP contribution < -0.4 is 5.32 Å². The van der Waals surface area contributed by atoms with Crippen molar-refractivity contribution in [3.63, 3.8) is 0 Å². The highest BCUT2D eigenvalue weighted by molar-refractivity contribution is 6.03. The Hall–Kier alpha value is -3.48. The fourth-order valence-corrected chi connectivity index (χ4v) is 2.45. The Labute approximate surface area is 136 Å². The minimum Gasteiger partial charge on any atom is -0.306 e. The van der Waals surface area contributed by atoms with Crippen molar-refractivity contribution >= 4 is 17.4 Å². The SMILES string of the molecule is O=C(Nc1ccnn1-c1cccc(F)c1)c1ccc2nccn2c1. The number of hydrogen-bond acceptors (Lipinski definition) is 3. The average molecular weight is 321 g/mol. The summed E-state index contributed by atoms with van der Waals surface area (Å²) < 4.78 is 16.6. The Morgan fingerprint density at radius 2 is 2.04 bits per heavy atom. The van der Waals surface area contributed by atoms with Gasteiger partial charge in [0.2, 0.25) is 0 Å². The van der Waals surface area contributed by atoms with E-state index in [4.69, 9.17) is 0 Å². The van der Waals surface area contributed by atoms with Crippen LogP contribution >= 0.6 is 0 Å². The monoisotopic (exact) mass is 321 g/mol. The number of rotatable bonds is 3. The van der Waals surface area contributed by atoms with Crippen molar-refractivity contribution in [2.45, 2.75) is 0 Å². The van der Waals surface area contributed by atoms with Crippen LogP contribution in [0.25, 0.3) is 11.3 Å². The molecule has 0 saturated heterocycles. The molecule has 0 atom stereocenters. The second-order valence-electron chi connectivity index (χ2n) is 5.17. The second-order valence-corrected chi connectivity index (χ2v) is 5.17. The van der Waals surface area contributed by atoms with Crippen molar-refractivity contribution in [3.8, 4) is 5.69 Å². The molecule has 0 aliphatic rings. The van der Waals surface area contributed by atoms with Crippen molar-refractivity contribution in [1.29, 1.82) is 0 Å². The number of benzene rings is 1. The summed E-state index contributed by atoms with van der Waals surface area (Å²) in [5.41, 5.74) is 1.77. The summed E-state index contributed by atoms with van der Waals surface area (Å²) in [5.74, 6) is -0.203. The Balaban J connectivity index is 1.63. The van der Waals surface area contributed by atoms with E-state index in [2.05, 4.69) is 15.4 Å². The van der Waals surface area contributed by atoms with Gasteiger partial charge in [-0.3, -0.25) is 4.79 Å². The minimum atomic E-state index is -0.370. The standard InChI is InChI=1S/C17H12FN5O/c18-13-2-1-3-14(10-13)23-16(6-7-20-23)21-17(24)12-4-5-15-19-8-9-22(15)11-12/h1-11H,(H,21,24). The van der Waals surface area contributed by atoms with Gasteiger partial charge in [0.05, 0.1) is 17.4 Å². The number of aromatic nitrogens is 4. The van der Waals surface area contributed by atoms with E-state index in [1.807, 2.05) is 0 Å². The molecule has 4 rings (SSSR count). The van der Waals surface area contributed by atoms with Crippen molar-refractivity contribution < 1.29 is 9.18 Å². The lowest BCUT2D eigenvalue weighted by atomic mass is 10.2. The van der Waals surface area contributed by atoms with E-state index in [1.54, 1.807) is 59.5 Å². The molecular weight excluding hydrogens is 309 g/mol. The highest BCUT2D eigenvalue weighted by Crippen LogP contribution is 2.17. The van der Waals surface area contributed by atoms with E-state index in [0.29, 0.717) is 17.1 Å². The van der Waals surface area contributed by atoms with E-state index in [-0.39, 0.29) is 11.7 Å². The summed E-state index contributed by atoms with van der Waals surface area (Å²) >= 11 is 0. The zero-order chi connectivity index (χ0) is 16.5. The normalized spacial score (nSPS) is 10.9. The number of carbonyl (C=O) groups is 1. The molecule has 0 unspecified atom stereocenters. The first-order valence-electron chi connectivity index (χ1n) is 7.25. The van der Waals surface area contributed by atoms with E-state index >= 15 is 0 Å². The number of carbonyl (C=O) groups excluding carboxylic acids is 1. The zero-order valence-electron chi connectivity index (χ0n) is 12.4. The lowest BCUT2D eigenvalue weighted by Gasteiger charge is -2.09. The molecule has 0 bridgehead atoms. The Morgan fingerprint density at radius 1 is 1.12 bits per heavy atom. The molecule has 1 amide bonds. The number of halogens is 1. The third-order valence-corrected chi connectivity index (χ3v) is 3.59. The molecule has 0 aliphatic heterocycles. The molecule has 0 radical (unpaired) electrons. The smallest absolute Gasteiger partial charge is 0.258 e. The van der Waals surface area contributed by atoms with Crippen LogP contribution in [-0.2, 0) is 0 Å². The van der Waals surface area contributed by atoms with Gasteiger partial charge in [-0.15, -0.1) is 0 Å². The maximum atomic E-state index is 13.4. The lowest BCUT2D eigenvalue weighted by molar-refractivity contribution is 0.102. The summed E-state index contributed by atoms with van der Waals surface area (Å²) in [6.45, 7) is 0. The lowest BCUT2D eigenvalue weighted by Crippen LogP contribution is -2.15. The molecule has 1 N–H and O–H groups in total. The number of hydrogen-bond donors (Lipinski definition) is 1. The largest absolute Gasteiger partial charge is 0.306 e. The number of nitrogens with zero attached hydrogens (tertiary/aromatic N) is 4. The first kappa shape index (κ1) is 14.1. The van der Waals surface area contributed by atoms with Crippen molar-refractivity contribution in [2.75, 3.05) is 5.32 Å². The van der Waals surface area contributed by atoms with Crippen LogP contribution in [0.1, 0.15) is 10.4 Å². The molecule has 3 heterocycles. The average Bonchev–Trinajstić information content (AvgIpc) is 3.22. The quantitative estimate of drug-likeness (QED) is 0.631. The van der Waals surface area contributed by atoms with Crippen molar-refractivity contribution in [3.05, 3.63) is 78.6 Å². The third kappa shape index (κ3) is 2.52. The number of nitrogens with one attached hydrogen (secondary N) is 1. The highest BCUT2D eigenvalue weighted by atomic mass is 19.1. The first-order valence-corrected chi connectivity index (χ1v) is 7.25. The molecule has 0 fully saturated rings. The summed E-state index contributed by atoms with van der Waals surface area (Å²) in [6, 6.07) is 11.1. The van der Waals surface area contributed by atoms with Gasteiger partial charge in [-0.1, -0.05) is 6.07 Å². The molecule has 0 aliphatic carbocycles. The number of pyridine rings is 1. The van der Waals surface area contributed by atoms with E-state index in [0.717, 1.165) is 5.65 Å². The topological polar surface area (TPSA) is 64.2 Å². The number of fused-ring (bicyclic) bond motifs is 1. The van der Waals surface area contributed by atoms with Crippen LogP contribution in [0.2, 0.25) is 0 Å². The Bertz CT molecular complexity index is 1040. The molecule has 118 valence electrons. The number of anilines is 1. The maximum Gasteiger partial charge on any atom is 0.258 e. The third-order valence-electron chi connectivity index (χ3n) is 3.59. The van der Waals surface area contributed by atoms with E-state index in [1.165, 1.54) is 16.8 Å². The Kier molecular flexibility index (Phi) is 3.31. The second kappa shape index (κ2) is 5.62. The molecule has 6 nitrogen and oxygen atoms in total. The van der Waals surface area contributed by atoms with Gasteiger partial charge in [-0.05, 0) is 30.3 Å². The van der Waals surface area contributed by atoms with Gasteiger partial charge in [0.25, 0.3) is 5.91 Å². The zero-order valence-corrected chi connectivity index (χ0v) is 12.4. The molecule has 7 heteroatoms. The van der Waals surface area contributed by atoms with Gasteiger partial charge in [-0.2, -0.15) is 5.10 Å². The number of imidazole rings is 1. The molecule has 0 saturated carbocycles. The predicted octanol–water partition coefficient (Wildman–Crippen LogP) is 2.91. The van der Waals surface area contributed by atoms with Gasteiger partial charge in [-0.25, -0.2) is 14.1 Å². The van der Waals surface area contributed by atoms with Crippen LogP contribution in [0.5, 0.6) is 0 Å². The maximum absolute atomic E-state index is 13.4. The molecular formula is C17H12FN5O. The molecule has 1 aromatic carbocycles. The van der Waals surface area contributed by atoms with Crippen molar-refractivity contribution in [2.24, 2.45) is 0 Å². The Morgan fingerprint density at radius 3 is 2.92 bits per heavy atom. The molecule has 0 spiro atoms. The van der Waals surface area contributed by atoms with Crippen molar-refractivity contribution in [1.82, 2.24) is 19.2 Å². The van der Waals surface area contributed by atoms with Gasteiger partial charge in [0.15, 0.2) is 0 Å². The first-order chi connectivity index (χ1) is 11.7. The van der Waals surface area contributed by atoms with Gasteiger partial charge < -0.3 is 9.72 Å². The van der Waals surface area contributed by atoms with Crippen LogP contribution in [0, 0.1) is 5.82 Å². The highest BCUT2D eigenvalue weighted by Gasteiger charge is 2.12. The summed E-state index contributed by atoms with van der Waals surface area (Å²) in [7, 11) is 0. The van der Waals surface area contributed by atoms with E-state index < -0.39 is 0 Å². The summed E-state index contributed by atoms with van der Waals surface area (Å²) in [6.07, 6.45) is 6.67. The van der Waals surface area contributed by atoms with Crippen LogP contribution in [0.4, 0.5) is 10.2 Å². The van der Waals surface area contributed by atoms with Gasteiger partial charge in [0, 0.05) is 24.7 Å². The summed E-state index contributed by atoms with van der Waals surface area (Å²) in [4.78, 5) is 16.6. The van der Waals surface area contributed by atoms with Crippen LogP contribution in [0.3, 0.4) is 0 Å². The van der Waals surface area contributed by atoms with Crippen LogP contribution in [-0.4, -0.2) is 25.1 Å². The fraction of sp³-hybridized carbons (Fsp3) is 0. The number of amides is 1. The minimum absolute atomic E-state index is 0.288. The van der Waals surface area contributed by atoms with Gasteiger partial charge >= 0.3 is 0 Å². The molecule has 4 aromatic rings. The molecule has 24 heavy (non-hydrogen) atoms. The van der Waals surface area contributed by atoms with Crippen LogP contribution in [0.15, 0.2) is 67.3 Å². The fourth-order valence-electron chi connectivity index (χ4n) is 2.45. The van der Waals surface area contributed by atoms with Gasteiger partial charge in [0.1, 0.15) is 17.3 Å².